The normalized spacial score (nSPS) is 22.0. The number of carbonyl (C=O) groups excluding carboxylic acids is 3. The Balaban J connectivity index is 1.50. The monoisotopic (exact) mass is 463 g/mol. The molecule has 7 nitrogen and oxygen atoms in total. The largest absolute Gasteiger partial charge is 0.444 e. The Morgan fingerprint density at radius 1 is 0.971 bits per heavy atom. The zero-order chi connectivity index (χ0) is 24.3. The van der Waals surface area contributed by atoms with Crippen LogP contribution in [0.1, 0.15) is 67.6 Å². The summed E-state index contributed by atoms with van der Waals surface area (Å²) in [5.41, 5.74) is 2.24. The minimum absolute atomic E-state index is 0.0871. The Morgan fingerprint density at radius 3 is 2.41 bits per heavy atom. The highest BCUT2D eigenvalue weighted by Crippen LogP contribution is 2.30. The number of nitrogens with zero attached hydrogens (tertiary/aromatic N) is 1. The summed E-state index contributed by atoms with van der Waals surface area (Å²) in [6.45, 7) is 5.60. The van der Waals surface area contributed by atoms with Gasteiger partial charge in [0.2, 0.25) is 5.91 Å². The van der Waals surface area contributed by atoms with Gasteiger partial charge in [-0.05, 0) is 69.7 Å². The number of hydrogen-bond donors (Lipinski definition) is 2. The second-order valence-corrected chi connectivity index (χ2v) is 10.1. The van der Waals surface area contributed by atoms with Gasteiger partial charge in [-0.2, -0.15) is 0 Å². The number of nitrogens with one attached hydrogen (secondary N) is 2. The van der Waals surface area contributed by atoms with Gasteiger partial charge in [0.1, 0.15) is 11.6 Å². The third kappa shape index (κ3) is 5.58. The SMILES string of the molecule is CC(C)(C)OC(=O)N1C[C@@H](NC(=O)c2ccccc2)C[C@H]1C(=O)N[C@@H]1CCCc2ccccc21. The predicted octanol–water partition coefficient (Wildman–Crippen LogP) is 3.99. The van der Waals surface area contributed by atoms with E-state index < -0.39 is 17.7 Å². The number of rotatable bonds is 4. The van der Waals surface area contributed by atoms with Gasteiger partial charge >= 0.3 is 6.09 Å². The maximum Gasteiger partial charge on any atom is 0.411 e. The van der Waals surface area contributed by atoms with Crippen molar-refractivity contribution in [2.45, 2.75) is 70.2 Å². The van der Waals surface area contributed by atoms with Gasteiger partial charge in [-0.1, -0.05) is 42.5 Å². The molecule has 3 atom stereocenters. The fourth-order valence-corrected chi connectivity index (χ4v) is 4.74. The number of amides is 3. The van der Waals surface area contributed by atoms with Crippen LogP contribution < -0.4 is 10.6 Å². The van der Waals surface area contributed by atoms with Crippen molar-refractivity contribution in [3.63, 3.8) is 0 Å². The van der Waals surface area contributed by atoms with Crippen LogP contribution in [0.2, 0.25) is 0 Å². The molecule has 34 heavy (non-hydrogen) atoms. The van der Waals surface area contributed by atoms with Crippen molar-refractivity contribution in [3.8, 4) is 0 Å². The number of likely N-dealkylation sites (tertiary alicyclic amines) is 1. The second-order valence-electron chi connectivity index (χ2n) is 10.1. The summed E-state index contributed by atoms with van der Waals surface area (Å²) >= 11 is 0. The summed E-state index contributed by atoms with van der Waals surface area (Å²) in [7, 11) is 0. The van der Waals surface area contributed by atoms with E-state index in [0.29, 0.717) is 12.0 Å². The number of aryl methyl sites for hydroxylation is 1. The van der Waals surface area contributed by atoms with E-state index in [4.69, 9.17) is 4.74 Å². The number of ether oxygens (including phenoxy) is 1. The van der Waals surface area contributed by atoms with Crippen LogP contribution in [0, 0.1) is 0 Å². The summed E-state index contributed by atoms with van der Waals surface area (Å²) in [6.07, 6.45) is 2.64. The Morgan fingerprint density at radius 2 is 1.68 bits per heavy atom. The Hall–Kier alpha value is -3.35. The van der Waals surface area contributed by atoms with Gasteiger partial charge in [-0.25, -0.2) is 4.79 Å². The zero-order valence-electron chi connectivity index (χ0n) is 20.0. The van der Waals surface area contributed by atoms with E-state index in [1.165, 1.54) is 10.5 Å². The average molecular weight is 464 g/mol. The van der Waals surface area contributed by atoms with E-state index in [0.717, 1.165) is 24.8 Å². The predicted molar refractivity (Wildman–Crippen MR) is 129 cm³/mol. The highest BCUT2D eigenvalue weighted by atomic mass is 16.6. The molecule has 1 aliphatic carbocycles. The molecule has 1 heterocycles. The third-order valence-corrected chi connectivity index (χ3v) is 6.29. The maximum atomic E-state index is 13.4. The Labute approximate surface area is 200 Å². The first kappa shape index (κ1) is 23.8. The topological polar surface area (TPSA) is 87.7 Å². The molecule has 0 unspecified atom stereocenters. The molecular formula is C27H33N3O4. The van der Waals surface area contributed by atoms with Crippen LogP contribution in [-0.4, -0.2) is 47.0 Å². The Kier molecular flexibility index (Phi) is 6.91. The molecule has 2 N–H and O–H groups in total. The van der Waals surface area contributed by atoms with Gasteiger partial charge in [-0.3, -0.25) is 14.5 Å². The lowest BCUT2D eigenvalue weighted by molar-refractivity contribution is -0.126. The zero-order valence-corrected chi connectivity index (χ0v) is 20.0. The molecule has 2 aliphatic rings. The first-order chi connectivity index (χ1) is 16.2. The van der Waals surface area contributed by atoms with Crippen LogP contribution in [-0.2, 0) is 16.0 Å². The minimum Gasteiger partial charge on any atom is -0.444 e. The molecule has 3 amide bonds. The number of carbonyl (C=O) groups is 3. The van der Waals surface area contributed by atoms with E-state index in [2.05, 4.69) is 22.8 Å². The highest BCUT2D eigenvalue weighted by Gasteiger charge is 2.42. The maximum absolute atomic E-state index is 13.4. The van der Waals surface area contributed by atoms with Crippen LogP contribution in [0.25, 0.3) is 0 Å². The van der Waals surface area contributed by atoms with E-state index in [1.807, 2.05) is 18.2 Å². The smallest absolute Gasteiger partial charge is 0.411 e. The Bertz CT molecular complexity index is 1050. The minimum atomic E-state index is -0.718. The van der Waals surface area contributed by atoms with Crippen molar-refractivity contribution in [2.75, 3.05) is 6.54 Å². The quantitative estimate of drug-likeness (QED) is 0.718. The highest BCUT2D eigenvalue weighted by molar-refractivity contribution is 5.94. The van der Waals surface area contributed by atoms with Crippen molar-refractivity contribution < 1.29 is 19.1 Å². The molecule has 4 rings (SSSR count). The van der Waals surface area contributed by atoms with Crippen molar-refractivity contribution in [2.24, 2.45) is 0 Å². The first-order valence-electron chi connectivity index (χ1n) is 11.9. The van der Waals surface area contributed by atoms with Gasteiger partial charge in [0.05, 0.1) is 6.04 Å². The molecule has 0 spiro atoms. The standard InChI is InChI=1S/C27H33N3O4/c1-27(2,3)34-26(33)30-17-20(28-24(31)19-11-5-4-6-12-19)16-23(30)25(32)29-22-15-9-13-18-10-7-8-14-21(18)22/h4-8,10-12,14,20,22-23H,9,13,15-17H2,1-3H3,(H,28,31)(H,29,32)/t20-,22+,23-/m0/s1. The summed E-state index contributed by atoms with van der Waals surface area (Å²) in [6, 6.07) is 15.9. The molecule has 1 saturated heterocycles. The molecule has 0 bridgehead atoms. The van der Waals surface area contributed by atoms with Crippen molar-refractivity contribution in [1.29, 1.82) is 0 Å². The van der Waals surface area contributed by atoms with E-state index in [1.54, 1.807) is 45.0 Å². The summed E-state index contributed by atoms with van der Waals surface area (Å²) in [4.78, 5) is 40.6. The van der Waals surface area contributed by atoms with E-state index in [-0.39, 0.29) is 30.4 Å². The summed E-state index contributed by atoms with van der Waals surface area (Å²) in [5.74, 6) is -0.443. The average Bonchev–Trinajstić information content (AvgIpc) is 3.23. The van der Waals surface area contributed by atoms with Crippen LogP contribution in [0.4, 0.5) is 4.79 Å². The first-order valence-corrected chi connectivity index (χ1v) is 11.9. The molecule has 0 saturated carbocycles. The molecule has 1 fully saturated rings. The molecule has 0 radical (unpaired) electrons. The van der Waals surface area contributed by atoms with Gasteiger partial charge < -0.3 is 15.4 Å². The lowest BCUT2D eigenvalue weighted by atomic mass is 9.87. The summed E-state index contributed by atoms with van der Waals surface area (Å²) in [5, 5.41) is 6.15. The van der Waals surface area contributed by atoms with E-state index >= 15 is 0 Å². The van der Waals surface area contributed by atoms with Gasteiger partial charge in [0.25, 0.3) is 5.91 Å². The van der Waals surface area contributed by atoms with Crippen molar-refractivity contribution in [3.05, 3.63) is 71.3 Å². The van der Waals surface area contributed by atoms with Crippen molar-refractivity contribution >= 4 is 17.9 Å². The van der Waals surface area contributed by atoms with Gasteiger partial charge in [0, 0.05) is 18.2 Å². The lowest BCUT2D eigenvalue weighted by Gasteiger charge is -2.31. The number of benzene rings is 2. The van der Waals surface area contributed by atoms with E-state index in [9.17, 15) is 14.4 Å². The van der Waals surface area contributed by atoms with Crippen LogP contribution >= 0.6 is 0 Å². The fourth-order valence-electron chi connectivity index (χ4n) is 4.74. The molecule has 1 aliphatic heterocycles. The molecular weight excluding hydrogens is 430 g/mol. The number of fused-ring (bicyclic) bond motifs is 1. The van der Waals surface area contributed by atoms with Crippen LogP contribution in [0.5, 0.6) is 0 Å². The number of hydrogen-bond acceptors (Lipinski definition) is 4. The lowest BCUT2D eigenvalue weighted by Crippen LogP contribution is -2.48. The van der Waals surface area contributed by atoms with Gasteiger partial charge in [0.15, 0.2) is 0 Å². The molecule has 180 valence electrons. The van der Waals surface area contributed by atoms with Crippen LogP contribution in [0.15, 0.2) is 54.6 Å². The third-order valence-electron chi connectivity index (χ3n) is 6.29. The molecule has 2 aromatic rings. The van der Waals surface area contributed by atoms with Crippen LogP contribution in [0.3, 0.4) is 0 Å². The second kappa shape index (κ2) is 9.87. The summed E-state index contributed by atoms with van der Waals surface area (Å²) < 4.78 is 5.58. The van der Waals surface area contributed by atoms with Gasteiger partial charge in [-0.15, -0.1) is 0 Å². The molecule has 7 heteroatoms. The fraction of sp³-hybridized carbons (Fsp3) is 0.444. The molecule has 0 aromatic heterocycles. The molecule has 2 aromatic carbocycles. The van der Waals surface area contributed by atoms with Crippen molar-refractivity contribution in [1.82, 2.24) is 15.5 Å².